The van der Waals surface area contributed by atoms with Crippen LogP contribution in [-0.4, -0.2) is 24.7 Å². The third-order valence-corrected chi connectivity index (χ3v) is 5.94. The van der Waals surface area contributed by atoms with E-state index in [1.54, 1.807) is 0 Å². The van der Waals surface area contributed by atoms with Crippen molar-refractivity contribution in [2.24, 2.45) is 0 Å². The van der Waals surface area contributed by atoms with E-state index >= 15 is 0 Å². The van der Waals surface area contributed by atoms with Gasteiger partial charge in [-0.2, -0.15) is 0 Å². The Hall–Kier alpha value is -1.58. The van der Waals surface area contributed by atoms with Crippen LogP contribution in [0, 0.1) is 0 Å². The van der Waals surface area contributed by atoms with Gasteiger partial charge in [-0.05, 0) is 31.4 Å². The number of hydrogen-bond acceptors (Lipinski definition) is 4. The van der Waals surface area contributed by atoms with Gasteiger partial charge in [-0.3, -0.25) is 0 Å². The first-order chi connectivity index (χ1) is 15.2. The van der Waals surface area contributed by atoms with Crippen LogP contribution in [-0.2, 0) is 0 Å². The SMILES string of the molecule is CCCCCCCNc1ccc(O)c(NCCCCCCC)c1NCCCCCCC. The first-order valence-corrected chi connectivity index (χ1v) is 13.3. The van der Waals surface area contributed by atoms with Gasteiger partial charge in [-0.1, -0.05) is 97.8 Å². The normalized spacial score (nSPS) is 10.9. The molecule has 1 aromatic rings. The van der Waals surface area contributed by atoms with E-state index in [4.69, 9.17) is 0 Å². The maximum absolute atomic E-state index is 10.6. The summed E-state index contributed by atoms with van der Waals surface area (Å²) in [6, 6.07) is 3.85. The van der Waals surface area contributed by atoms with Crippen molar-refractivity contribution in [1.29, 1.82) is 0 Å². The summed E-state index contributed by atoms with van der Waals surface area (Å²) >= 11 is 0. The third kappa shape index (κ3) is 12.8. The average molecular weight is 434 g/mol. The third-order valence-electron chi connectivity index (χ3n) is 5.94. The summed E-state index contributed by atoms with van der Waals surface area (Å²) in [7, 11) is 0. The van der Waals surface area contributed by atoms with Crippen molar-refractivity contribution in [3.05, 3.63) is 12.1 Å². The molecule has 31 heavy (non-hydrogen) atoms. The highest BCUT2D eigenvalue weighted by Crippen LogP contribution is 2.38. The Balaban J connectivity index is 2.67. The molecule has 0 aliphatic carbocycles. The van der Waals surface area contributed by atoms with Crippen molar-refractivity contribution < 1.29 is 5.11 Å². The summed E-state index contributed by atoms with van der Waals surface area (Å²) in [4.78, 5) is 0. The summed E-state index contributed by atoms with van der Waals surface area (Å²) in [6.45, 7) is 9.60. The van der Waals surface area contributed by atoms with Crippen LogP contribution in [0.4, 0.5) is 17.1 Å². The van der Waals surface area contributed by atoms with Crippen LogP contribution < -0.4 is 16.0 Å². The number of nitrogens with one attached hydrogen (secondary N) is 3. The lowest BCUT2D eigenvalue weighted by Gasteiger charge is -2.20. The number of unbranched alkanes of at least 4 members (excludes halogenated alkanes) is 12. The number of anilines is 3. The quantitative estimate of drug-likeness (QED) is 0.0891. The number of hydrogen-bond donors (Lipinski definition) is 4. The summed E-state index contributed by atoms with van der Waals surface area (Å²) in [6.07, 6.45) is 19.0. The van der Waals surface area contributed by atoms with Crippen LogP contribution in [0.25, 0.3) is 0 Å². The molecule has 0 radical (unpaired) electrons. The summed E-state index contributed by atoms with van der Waals surface area (Å²) in [5, 5.41) is 21.4. The van der Waals surface area contributed by atoms with Crippen LogP contribution in [0.15, 0.2) is 12.1 Å². The van der Waals surface area contributed by atoms with E-state index in [0.29, 0.717) is 5.75 Å². The molecular weight excluding hydrogens is 382 g/mol. The standard InChI is InChI=1S/C27H51N3O/c1-4-7-10-13-16-21-28-24-19-20-25(31)27(30-23-18-15-12-9-6-3)26(24)29-22-17-14-11-8-5-2/h19-20,28-31H,4-18,21-23H2,1-3H3. The Labute approximate surface area is 193 Å². The molecule has 0 bridgehead atoms. The lowest BCUT2D eigenvalue weighted by molar-refractivity contribution is 0.477. The van der Waals surface area contributed by atoms with Crippen LogP contribution in [0.5, 0.6) is 5.75 Å². The molecule has 0 spiro atoms. The zero-order valence-electron chi connectivity index (χ0n) is 20.8. The fourth-order valence-corrected chi connectivity index (χ4v) is 3.94. The largest absolute Gasteiger partial charge is 0.506 e. The molecule has 180 valence electrons. The number of benzene rings is 1. The predicted octanol–water partition coefficient (Wildman–Crippen LogP) is 8.54. The molecule has 4 heteroatoms. The number of aromatic hydroxyl groups is 1. The minimum Gasteiger partial charge on any atom is -0.506 e. The maximum Gasteiger partial charge on any atom is 0.140 e. The summed E-state index contributed by atoms with van der Waals surface area (Å²) in [5.74, 6) is 0.343. The van der Waals surface area contributed by atoms with Gasteiger partial charge >= 0.3 is 0 Å². The summed E-state index contributed by atoms with van der Waals surface area (Å²) < 4.78 is 0. The van der Waals surface area contributed by atoms with Gasteiger partial charge in [-0.25, -0.2) is 0 Å². The highest BCUT2D eigenvalue weighted by Gasteiger charge is 2.13. The molecular formula is C27H51N3O. The molecule has 1 aromatic carbocycles. The van der Waals surface area contributed by atoms with Crippen molar-refractivity contribution in [3.8, 4) is 5.75 Å². The molecule has 0 heterocycles. The molecule has 0 saturated heterocycles. The average Bonchev–Trinajstić information content (AvgIpc) is 2.77. The van der Waals surface area contributed by atoms with E-state index in [1.165, 1.54) is 89.9 Å². The maximum atomic E-state index is 10.6. The van der Waals surface area contributed by atoms with Crippen LogP contribution in [0.3, 0.4) is 0 Å². The van der Waals surface area contributed by atoms with Crippen molar-refractivity contribution in [3.63, 3.8) is 0 Å². The van der Waals surface area contributed by atoms with Gasteiger partial charge in [0, 0.05) is 19.6 Å². The first-order valence-electron chi connectivity index (χ1n) is 13.3. The van der Waals surface area contributed by atoms with Gasteiger partial charge in [0.25, 0.3) is 0 Å². The topological polar surface area (TPSA) is 56.3 Å². The molecule has 0 atom stereocenters. The Kier molecular flexibility index (Phi) is 16.9. The number of phenols is 1. The molecule has 0 aliphatic rings. The van der Waals surface area contributed by atoms with Crippen LogP contribution in [0.2, 0.25) is 0 Å². The minimum absolute atomic E-state index is 0.343. The lowest BCUT2D eigenvalue weighted by atomic mass is 10.1. The molecule has 0 aliphatic heterocycles. The predicted molar refractivity (Wildman–Crippen MR) is 140 cm³/mol. The van der Waals surface area contributed by atoms with Gasteiger partial charge in [0.15, 0.2) is 0 Å². The van der Waals surface area contributed by atoms with E-state index in [9.17, 15) is 5.11 Å². The fraction of sp³-hybridized carbons (Fsp3) is 0.778. The zero-order valence-corrected chi connectivity index (χ0v) is 20.8. The van der Waals surface area contributed by atoms with Crippen LogP contribution in [0.1, 0.15) is 117 Å². The summed E-state index contributed by atoms with van der Waals surface area (Å²) in [5.41, 5.74) is 3.01. The first kappa shape index (κ1) is 27.5. The second-order valence-electron chi connectivity index (χ2n) is 8.91. The van der Waals surface area contributed by atoms with E-state index < -0.39 is 0 Å². The van der Waals surface area contributed by atoms with Gasteiger partial charge in [0.1, 0.15) is 11.4 Å². The van der Waals surface area contributed by atoms with Gasteiger partial charge in [0.05, 0.1) is 11.4 Å². The minimum atomic E-state index is 0.343. The highest BCUT2D eigenvalue weighted by atomic mass is 16.3. The number of phenolic OH excluding ortho intramolecular Hbond substituents is 1. The highest BCUT2D eigenvalue weighted by molar-refractivity contribution is 5.86. The molecule has 0 fully saturated rings. The smallest absolute Gasteiger partial charge is 0.140 e. The Morgan fingerprint density at radius 1 is 0.516 bits per heavy atom. The molecule has 1 rings (SSSR count). The van der Waals surface area contributed by atoms with Crippen molar-refractivity contribution >= 4 is 17.1 Å². The van der Waals surface area contributed by atoms with Crippen molar-refractivity contribution in [1.82, 2.24) is 0 Å². The van der Waals surface area contributed by atoms with E-state index in [2.05, 4.69) is 36.7 Å². The van der Waals surface area contributed by atoms with Gasteiger partial charge in [0.2, 0.25) is 0 Å². The second kappa shape index (κ2) is 19.1. The van der Waals surface area contributed by atoms with E-state index in [-0.39, 0.29) is 0 Å². The van der Waals surface area contributed by atoms with Gasteiger partial charge in [-0.15, -0.1) is 0 Å². The Morgan fingerprint density at radius 3 is 1.42 bits per heavy atom. The second-order valence-corrected chi connectivity index (χ2v) is 8.91. The van der Waals surface area contributed by atoms with Crippen molar-refractivity contribution in [2.45, 2.75) is 117 Å². The Bertz CT molecular complexity index is 548. The molecule has 4 N–H and O–H groups in total. The van der Waals surface area contributed by atoms with Crippen LogP contribution >= 0.6 is 0 Å². The lowest BCUT2D eigenvalue weighted by Crippen LogP contribution is -2.12. The van der Waals surface area contributed by atoms with E-state index in [1.807, 2.05) is 12.1 Å². The monoisotopic (exact) mass is 433 g/mol. The molecule has 0 amide bonds. The van der Waals surface area contributed by atoms with E-state index in [0.717, 1.165) is 43.1 Å². The number of rotatable bonds is 21. The zero-order chi connectivity index (χ0) is 22.6. The molecule has 0 aromatic heterocycles. The van der Waals surface area contributed by atoms with Crippen molar-refractivity contribution in [2.75, 3.05) is 35.6 Å². The molecule has 4 nitrogen and oxygen atoms in total. The molecule has 0 saturated carbocycles. The Morgan fingerprint density at radius 2 is 0.935 bits per heavy atom. The fourth-order valence-electron chi connectivity index (χ4n) is 3.94. The molecule has 0 unspecified atom stereocenters. The van der Waals surface area contributed by atoms with Gasteiger partial charge < -0.3 is 21.1 Å².